The summed E-state index contributed by atoms with van der Waals surface area (Å²) in [6, 6.07) is 14.8. The summed E-state index contributed by atoms with van der Waals surface area (Å²) in [4.78, 5) is 24.2. The van der Waals surface area contributed by atoms with Gasteiger partial charge in [-0.05, 0) is 61.0 Å². The Bertz CT molecular complexity index is 1370. The van der Waals surface area contributed by atoms with Crippen LogP contribution in [-0.2, 0) is 10.1 Å². The van der Waals surface area contributed by atoms with Crippen LogP contribution in [0.2, 0.25) is 0 Å². The first-order valence-electron chi connectivity index (χ1n) is 8.33. The maximum atomic E-state index is 12.5. The molecule has 0 saturated carbocycles. The zero-order valence-electron chi connectivity index (χ0n) is 15.2. The van der Waals surface area contributed by atoms with Crippen molar-refractivity contribution < 1.29 is 13.0 Å². The van der Waals surface area contributed by atoms with Gasteiger partial charge >= 0.3 is 0 Å². The summed E-state index contributed by atoms with van der Waals surface area (Å²) < 4.78 is 31.1. The molecule has 0 amide bonds. The van der Waals surface area contributed by atoms with Crippen LogP contribution in [0.1, 0.15) is 5.56 Å². The van der Waals surface area contributed by atoms with E-state index in [2.05, 4.69) is 21.1 Å². The lowest BCUT2D eigenvalue weighted by Crippen LogP contribution is -2.47. The molecule has 0 aliphatic carbocycles. The molecule has 0 radical (unpaired) electrons. The molecule has 29 heavy (non-hydrogen) atoms. The maximum absolute atomic E-state index is 12.5. The molecule has 9 nitrogen and oxygen atoms in total. The van der Waals surface area contributed by atoms with Gasteiger partial charge < -0.3 is 0 Å². The number of nitrogens with zero attached hydrogens (tertiary/aromatic N) is 2. The summed E-state index contributed by atoms with van der Waals surface area (Å²) in [5.74, 6) is 0. The molecule has 3 rings (SSSR count). The third-order valence-electron chi connectivity index (χ3n) is 3.85. The van der Waals surface area contributed by atoms with Crippen LogP contribution >= 0.6 is 0 Å². The monoisotopic (exact) mass is 412 g/mol. The van der Waals surface area contributed by atoms with E-state index in [0.717, 1.165) is 5.56 Å². The second-order valence-corrected chi connectivity index (χ2v) is 7.50. The highest BCUT2D eigenvalue weighted by Gasteiger charge is 2.08. The SMILES string of the molecule is Cc1cccc(N/N=c2/c(=O)cc/c(=N\Nc3ccc(S(=O)(=O)O)cc3)c2=O)c1. The first-order chi connectivity index (χ1) is 13.7. The molecule has 3 N–H and O–H groups in total. The van der Waals surface area contributed by atoms with E-state index >= 15 is 0 Å². The maximum Gasteiger partial charge on any atom is 0.294 e. The zero-order valence-corrected chi connectivity index (χ0v) is 16.0. The fourth-order valence-electron chi connectivity index (χ4n) is 2.40. The number of rotatable bonds is 5. The van der Waals surface area contributed by atoms with Crippen LogP contribution in [0.4, 0.5) is 11.4 Å². The molecule has 0 aliphatic heterocycles. The molecule has 0 unspecified atom stereocenters. The van der Waals surface area contributed by atoms with Crippen molar-refractivity contribution in [1.82, 2.24) is 0 Å². The van der Waals surface area contributed by atoms with Crippen molar-refractivity contribution in [2.45, 2.75) is 11.8 Å². The van der Waals surface area contributed by atoms with Crippen LogP contribution in [0.3, 0.4) is 0 Å². The minimum atomic E-state index is -4.30. The largest absolute Gasteiger partial charge is 0.294 e. The lowest BCUT2D eigenvalue weighted by atomic mass is 10.2. The Morgan fingerprint density at radius 3 is 2.21 bits per heavy atom. The van der Waals surface area contributed by atoms with Gasteiger partial charge in [-0.1, -0.05) is 12.1 Å². The van der Waals surface area contributed by atoms with E-state index in [4.69, 9.17) is 4.55 Å². The first kappa shape index (κ1) is 20.1. The molecule has 0 atom stereocenters. The van der Waals surface area contributed by atoms with Crippen molar-refractivity contribution in [2.75, 3.05) is 10.9 Å². The summed E-state index contributed by atoms with van der Waals surface area (Å²) >= 11 is 0. The minimum absolute atomic E-state index is 0.0479. The molecule has 0 aliphatic rings. The highest BCUT2D eigenvalue weighted by atomic mass is 32.2. The molecule has 0 fully saturated rings. The first-order valence-corrected chi connectivity index (χ1v) is 9.77. The summed E-state index contributed by atoms with van der Waals surface area (Å²) in [6.07, 6.45) is 0. The zero-order chi connectivity index (χ0) is 21.0. The standard InChI is InChI=1S/C19H16N4O5S/c1-12-3-2-4-14(11-12)21-23-18-17(24)10-9-16(19(18)25)22-20-13-5-7-15(8-6-13)29(26,27)28/h2-11,20-21H,1H3,(H,26,27,28)/b22-16+,23-18-. The summed E-state index contributed by atoms with van der Waals surface area (Å²) in [6.45, 7) is 1.90. The predicted molar refractivity (Wildman–Crippen MR) is 107 cm³/mol. The van der Waals surface area contributed by atoms with E-state index in [1.807, 2.05) is 25.1 Å². The van der Waals surface area contributed by atoms with Gasteiger partial charge in [0.2, 0.25) is 10.9 Å². The smallest absolute Gasteiger partial charge is 0.287 e. The molecule has 0 spiro atoms. The van der Waals surface area contributed by atoms with Crippen LogP contribution in [0.25, 0.3) is 0 Å². The number of anilines is 2. The van der Waals surface area contributed by atoms with E-state index in [1.54, 1.807) is 6.07 Å². The van der Waals surface area contributed by atoms with Crippen molar-refractivity contribution >= 4 is 21.5 Å². The third kappa shape index (κ3) is 5.00. The number of nitrogens with one attached hydrogen (secondary N) is 2. The Balaban J connectivity index is 1.91. The molecule has 0 bridgehead atoms. The second-order valence-electron chi connectivity index (χ2n) is 6.08. The highest BCUT2D eigenvalue weighted by Crippen LogP contribution is 2.13. The Labute approximate surface area is 165 Å². The number of hydrogen-bond donors (Lipinski definition) is 3. The van der Waals surface area contributed by atoms with Crippen molar-refractivity contribution in [3.63, 3.8) is 0 Å². The fraction of sp³-hybridized carbons (Fsp3) is 0.0526. The van der Waals surface area contributed by atoms with Gasteiger partial charge in [-0.15, -0.1) is 0 Å². The quantitative estimate of drug-likeness (QED) is 0.414. The topological polar surface area (TPSA) is 137 Å². The van der Waals surface area contributed by atoms with Gasteiger partial charge in [0.25, 0.3) is 10.1 Å². The van der Waals surface area contributed by atoms with Gasteiger partial charge in [0.05, 0.1) is 16.3 Å². The van der Waals surface area contributed by atoms with Crippen molar-refractivity contribution in [3.05, 3.63) is 97.4 Å². The Morgan fingerprint density at radius 2 is 1.55 bits per heavy atom. The summed E-state index contributed by atoms with van der Waals surface area (Å²) in [7, 11) is -4.30. The van der Waals surface area contributed by atoms with E-state index < -0.39 is 21.0 Å². The van der Waals surface area contributed by atoms with Gasteiger partial charge in [0, 0.05) is 0 Å². The van der Waals surface area contributed by atoms with Crippen LogP contribution in [0, 0.1) is 6.92 Å². The fourth-order valence-corrected chi connectivity index (χ4v) is 2.88. The molecule has 0 heterocycles. The number of hydrogen-bond acceptors (Lipinski definition) is 8. The molecule has 148 valence electrons. The van der Waals surface area contributed by atoms with Crippen molar-refractivity contribution in [3.8, 4) is 0 Å². The van der Waals surface area contributed by atoms with Gasteiger partial charge in [0.1, 0.15) is 5.36 Å². The average molecular weight is 412 g/mol. The Morgan fingerprint density at radius 1 is 0.862 bits per heavy atom. The van der Waals surface area contributed by atoms with E-state index in [1.165, 1.54) is 36.4 Å². The molecular formula is C19H16N4O5S. The van der Waals surface area contributed by atoms with Gasteiger partial charge in [0.15, 0.2) is 5.36 Å². The van der Waals surface area contributed by atoms with Crippen molar-refractivity contribution in [2.24, 2.45) is 10.2 Å². The average Bonchev–Trinajstić information content (AvgIpc) is 2.67. The van der Waals surface area contributed by atoms with Crippen molar-refractivity contribution in [1.29, 1.82) is 0 Å². The highest BCUT2D eigenvalue weighted by molar-refractivity contribution is 7.85. The summed E-state index contributed by atoms with van der Waals surface area (Å²) in [5, 5.41) is 7.49. The van der Waals surface area contributed by atoms with E-state index in [0.29, 0.717) is 11.4 Å². The van der Waals surface area contributed by atoms with E-state index in [9.17, 15) is 18.0 Å². The van der Waals surface area contributed by atoms with Crippen LogP contribution in [-0.4, -0.2) is 13.0 Å². The number of benzene rings is 3. The van der Waals surface area contributed by atoms with Crippen LogP contribution in [0.15, 0.2) is 85.4 Å². The van der Waals surface area contributed by atoms with Gasteiger partial charge in [-0.25, -0.2) is 0 Å². The minimum Gasteiger partial charge on any atom is -0.287 e. The predicted octanol–water partition coefficient (Wildman–Crippen LogP) is 0.693. The molecule has 0 saturated heterocycles. The Kier molecular flexibility index (Phi) is 5.66. The normalized spacial score (nSPS) is 12.8. The third-order valence-corrected chi connectivity index (χ3v) is 4.71. The molecule has 10 heteroatoms. The van der Waals surface area contributed by atoms with Crippen LogP contribution < -0.4 is 32.4 Å². The molecule has 3 aromatic carbocycles. The second kappa shape index (κ2) is 8.17. The van der Waals surface area contributed by atoms with E-state index in [-0.39, 0.29) is 15.6 Å². The Hall–Kier alpha value is -3.63. The lowest BCUT2D eigenvalue weighted by molar-refractivity contribution is 0.483. The molecule has 3 aromatic rings. The number of aryl methyl sites for hydroxylation is 1. The molecular weight excluding hydrogens is 396 g/mol. The summed E-state index contributed by atoms with van der Waals surface area (Å²) in [5.41, 5.74) is 6.05. The molecule has 0 aromatic heterocycles. The van der Waals surface area contributed by atoms with Gasteiger partial charge in [-0.3, -0.25) is 25.0 Å². The van der Waals surface area contributed by atoms with Gasteiger partial charge in [-0.2, -0.15) is 18.6 Å². The van der Waals surface area contributed by atoms with Crippen LogP contribution in [0.5, 0.6) is 0 Å². The lowest BCUT2D eigenvalue weighted by Gasteiger charge is -2.01.